The fourth-order valence-corrected chi connectivity index (χ4v) is 8.21. The molecule has 2 aromatic heterocycles. The van der Waals surface area contributed by atoms with E-state index in [1.165, 1.54) is 18.5 Å². The fourth-order valence-electron chi connectivity index (χ4n) is 5.19. The first-order chi connectivity index (χ1) is 26.3. The van der Waals surface area contributed by atoms with Crippen LogP contribution >= 0.6 is 34.8 Å². The van der Waals surface area contributed by atoms with E-state index in [-0.39, 0.29) is 20.2 Å². The van der Waals surface area contributed by atoms with E-state index >= 15 is 0 Å². The van der Waals surface area contributed by atoms with Gasteiger partial charge in [-0.25, -0.2) is 16.8 Å². The van der Waals surface area contributed by atoms with E-state index in [2.05, 4.69) is 40.2 Å². The highest BCUT2D eigenvalue weighted by Crippen LogP contribution is 2.32. The zero-order valence-electron chi connectivity index (χ0n) is 31.3. The number of hydrogen-bond acceptors (Lipinski definition) is 8. The van der Waals surface area contributed by atoms with Gasteiger partial charge in [0.1, 0.15) is 27.9 Å². The number of rotatable bonds is 10. The van der Waals surface area contributed by atoms with Gasteiger partial charge < -0.3 is 9.47 Å². The standard InChI is InChI=1S/C22H23ClN2O3S.C19H16Cl2N2O3S/c1-15-11-18(7-10-21(15)28-19-12-17(23)13-24-14-19)25-29(26,27)20-8-5-16(6-9-20)22(2,3)4;1-12-3-6-19(17(21)7-12)27(24,25)23-15-4-5-18(13(2)8-15)26-16-9-14(20)10-22-11-16/h5-14,25H,1-4H3;3-11,23H,1-2H3. The minimum Gasteiger partial charge on any atom is -0.455 e. The van der Waals surface area contributed by atoms with Crippen LogP contribution in [0.1, 0.15) is 43.0 Å². The first-order valence-electron chi connectivity index (χ1n) is 17.0. The van der Waals surface area contributed by atoms with Crippen molar-refractivity contribution in [2.45, 2.75) is 56.7 Å². The number of pyridine rings is 2. The Morgan fingerprint density at radius 2 is 1.05 bits per heavy atom. The topological polar surface area (TPSA) is 137 Å². The van der Waals surface area contributed by atoms with E-state index in [9.17, 15) is 16.8 Å². The highest BCUT2D eigenvalue weighted by atomic mass is 35.5. The fraction of sp³-hybridized carbons (Fsp3) is 0.171. The zero-order valence-corrected chi connectivity index (χ0v) is 35.2. The quantitative estimate of drug-likeness (QED) is 0.139. The second kappa shape index (κ2) is 17.5. The van der Waals surface area contributed by atoms with Crippen molar-refractivity contribution in [2.24, 2.45) is 0 Å². The maximum Gasteiger partial charge on any atom is 0.263 e. The van der Waals surface area contributed by atoms with Gasteiger partial charge in [-0.05, 0) is 109 Å². The first kappa shape index (κ1) is 42.3. The largest absolute Gasteiger partial charge is 0.455 e. The summed E-state index contributed by atoms with van der Waals surface area (Å²) in [6.45, 7) is 11.7. The Hall–Kier alpha value is -4.85. The second-order valence-electron chi connectivity index (χ2n) is 13.8. The van der Waals surface area contributed by atoms with Crippen molar-refractivity contribution in [1.29, 1.82) is 0 Å². The van der Waals surface area contributed by atoms with Crippen LogP contribution in [0, 0.1) is 20.8 Å². The first-order valence-corrected chi connectivity index (χ1v) is 21.1. The van der Waals surface area contributed by atoms with Gasteiger partial charge >= 0.3 is 0 Å². The number of halogens is 3. The van der Waals surface area contributed by atoms with Crippen molar-refractivity contribution >= 4 is 66.2 Å². The number of aromatic nitrogens is 2. The molecule has 0 saturated carbocycles. The molecule has 56 heavy (non-hydrogen) atoms. The molecule has 0 aliphatic rings. The molecule has 2 heterocycles. The van der Waals surface area contributed by atoms with E-state index in [1.54, 1.807) is 85.2 Å². The van der Waals surface area contributed by atoms with Crippen molar-refractivity contribution in [3.63, 3.8) is 0 Å². The Kier molecular flexibility index (Phi) is 13.2. The third-order valence-electron chi connectivity index (χ3n) is 8.08. The number of ether oxygens (including phenoxy) is 2. The number of sulfonamides is 2. The van der Waals surface area contributed by atoms with Crippen molar-refractivity contribution < 1.29 is 26.3 Å². The molecule has 0 bridgehead atoms. The van der Waals surface area contributed by atoms with Gasteiger partial charge in [0.25, 0.3) is 20.0 Å². The summed E-state index contributed by atoms with van der Waals surface area (Å²) in [5.74, 6) is 2.15. The zero-order chi connectivity index (χ0) is 40.8. The van der Waals surface area contributed by atoms with Gasteiger partial charge in [0.05, 0.1) is 32.4 Å². The summed E-state index contributed by atoms with van der Waals surface area (Å²) >= 11 is 17.9. The van der Waals surface area contributed by atoms with Crippen LogP contribution < -0.4 is 18.9 Å². The summed E-state index contributed by atoms with van der Waals surface area (Å²) in [4.78, 5) is 8.19. The third-order valence-corrected chi connectivity index (χ3v) is 11.8. The monoisotopic (exact) mass is 852 g/mol. The molecule has 292 valence electrons. The molecule has 0 radical (unpaired) electrons. The van der Waals surface area contributed by atoms with Crippen LogP contribution in [0.3, 0.4) is 0 Å². The molecule has 10 nitrogen and oxygen atoms in total. The smallest absolute Gasteiger partial charge is 0.263 e. The van der Waals surface area contributed by atoms with Crippen LogP contribution in [-0.2, 0) is 25.5 Å². The Morgan fingerprint density at radius 3 is 1.48 bits per heavy atom. The lowest BCUT2D eigenvalue weighted by molar-refractivity contribution is 0.476. The normalized spacial score (nSPS) is 11.6. The summed E-state index contributed by atoms with van der Waals surface area (Å²) in [5.41, 5.74) is 4.29. The molecule has 15 heteroatoms. The summed E-state index contributed by atoms with van der Waals surface area (Å²) < 4.78 is 67.3. The maximum atomic E-state index is 12.7. The van der Waals surface area contributed by atoms with Gasteiger partial charge in [-0.3, -0.25) is 19.4 Å². The molecule has 0 unspecified atom stereocenters. The van der Waals surface area contributed by atoms with Crippen LogP contribution in [0.25, 0.3) is 0 Å². The Labute approximate surface area is 342 Å². The average Bonchev–Trinajstić information content (AvgIpc) is 3.10. The van der Waals surface area contributed by atoms with Crippen LogP contribution in [0.2, 0.25) is 15.1 Å². The highest BCUT2D eigenvalue weighted by molar-refractivity contribution is 7.93. The van der Waals surface area contributed by atoms with Crippen molar-refractivity contribution in [3.05, 3.63) is 153 Å². The molecule has 0 spiro atoms. The molecule has 0 fully saturated rings. The van der Waals surface area contributed by atoms with Gasteiger partial charge in [0, 0.05) is 35.9 Å². The summed E-state index contributed by atoms with van der Waals surface area (Å²) in [6, 6.07) is 25.1. The molecule has 6 rings (SSSR count). The van der Waals surface area contributed by atoms with Crippen LogP contribution in [-0.4, -0.2) is 26.8 Å². The van der Waals surface area contributed by atoms with E-state index in [1.807, 2.05) is 32.9 Å². The number of benzene rings is 4. The molecule has 0 amide bonds. The molecule has 0 atom stereocenters. The van der Waals surface area contributed by atoms with Gasteiger partial charge in [0.2, 0.25) is 0 Å². The van der Waals surface area contributed by atoms with E-state index < -0.39 is 20.0 Å². The van der Waals surface area contributed by atoms with Gasteiger partial charge in [0.15, 0.2) is 0 Å². The molecule has 0 saturated heterocycles. The molecular weight excluding hydrogens is 815 g/mol. The molecule has 6 aromatic rings. The summed E-state index contributed by atoms with van der Waals surface area (Å²) in [7, 11) is -7.49. The van der Waals surface area contributed by atoms with E-state index in [0.717, 1.165) is 22.3 Å². The predicted molar refractivity (Wildman–Crippen MR) is 224 cm³/mol. The van der Waals surface area contributed by atoms with Gasteiger partial charge in [-0.1, -0.05) is 73.8 Å². The maximum absolute atomic E-state index is 12.7. The third kappa shape index (κ3) is 11.4. The average molecular weight is 854 g/mol. The van der Waals surface area contributed by atoms with Crippen molar-refractivity contribution in [3.8, 4) is 23.0 Å². The summed E-state index contributed by atoms with van der Waals surface area (Å²) in [6.07, 6.45) is 6.13. The summed E-state index contributed by atoms with van der Waals surface area (Å²) in [5, 5.41) is 1.11. The number of anilines is 2. The van der Waals surface area contributed by atoms with Crippen molar-refractivity contribution in [2.75, 3.05) is 9.44 Å². The molecule has 0 aliphatic carbocycles. The van der Waals surface area contributed by atoms with Crippen LogP contribution in [0.4, 0.5) is 11.4 Å². The number of hydrogen-bond donors (Lipinski definition) is 2. The van der Waals surface area contributed by atoms with Crippen LogP contribution in [0.5, 0.6) is 23.0 Å². The van der Waals surface area contributed by atoms with Gasteiger partial charge in [-0.2, -0.15) is 0 Å². The minimum atomic E-state index is -3.81. The lowest BCUT2D eigenvalue weighted by Gasteiger charge is -2.19. The van der Waals surface area contributed by atoms with Crippen LogP contribution in [0.15, 0.2) is 126 Å². The number of nitrogens with zero attached hydrogens (tertiary/aromatic N) is 2. The SMILES string of the molecule is Cc1cc(NS(=O)(=O)c2ccc(C(C)(C)C)cc2)ccc1Oc1cncc(Cl)c1.Cc1ccc(S(=O)(=O)Nc2ccc(Oc3cncc(Cl)c3)c(C)c2)c(Cl)c1. The molecular formula is C41H39Cl3N4O6S2. The van der Waals surface area contributed by atoms with E-state index in [0.29, 0.717) is 44.4 Å². The van der Waals surface area contributed by atoms with Gasteiger partial charge in [-0.15, -0.1) is 0 Å². The molecule has 4 aromatic carbocycles. The lowest BCUT2D eigenvalue weighted by atomic mass is 9.87. The van der Waals surface area contributed by atoms with Crippen molar-refractivity contribution in [1.82, 2.24) is 9.97 Å². The minimum absolute atomic E-state index is 0.0257. The lowest BCUT2D eigenvalue weighted by Crippen LogP contribution is -2.15. The molecule has 2 N–H and O–H groups in total. The predicted octanol–water partition coefficient (Wildman–Crippen LogP) is 11.5. The number of nitrogens with one attached hydrogen (secondary N) is 2. The Morgan fingerprint density at radius 1 is 0.571 bits per heavy atom. The Bertz CT molecular complexity index is 2580. The number of aryl methyl sites for hydroxylation is 3. The second-order valence-corrected chi connectivity index (χ2v) is 18.4. The Balaban J connectivity index is 0.000000215. The van der Waals surface area contributed by atoms with E-state index in [4.69, 9.17) is 44.3 Å². The molecule has 0 aliphatic heterocycles. The highest BCUT2D eigenvalue weighted by Gasteiger charge is 2.20.